The van der Waals surface area contributed by atoms with Crippen LogP contribution in [0.3, 0.4) is 0 Å². The molecule has 1 heterocycles. The van der Waals surface area contributed by atoms with Gasteiger partial charge in [0.15, 0.2) is 0 Å². The summed E-state index contributed by atoms with van der Waals surface area (Å²) >= 11 is 5.80. The summed E-state index contributed by atoms with van der Waals surface area (Å²) in [6, 6.07) is 18.1. The average molecular weight is 310 g/mol. The van der Waals surface area contributed by atoms with Crippen LogP contribution in [-0.4, -0.2) is 15.7 Å². The summed E-state index contributed by atoms with van der Waals surface area (Å²) in [5.41, 5.74) is 1.43. The Kier molecular flexibility index (Phi) is 4.12. The first-order chi connectivity index (χ1) is 10.7. The van der Waals surface area contributed by atoms with Crippen LogP contribution in [0.1, 0.15) is 10.4 Å². The van der Waals surface area contributed by atoms with E-state index in [4.69, 9.17) is 11.6 Å². The smallest absolute Gasteiger partial charge is 0.267 e. The summed E-state index contributed by atoms with van der Waals surface area (Å²) in [5.74, 6) is -0.323. The first-order valence-electron chi connectivity index (χ1n) is 6.67. The molecular formula is C17H12ClN3O. The molecule has 0 spiro atoms. The zero-order valence-corrected chi connectivity index (χ0v) is 12.3. The van der Waals surface area contributed by atoms with Crippen molar-refractivity contribution in [1.82, 2.24) is 9.78 Å². The minimum Gasteiger partial charge on any atom is -0.267 e. The van der Waals surface area contributed by atoms with Gasteiger partial charge in [0.2, 0.25) is 0 Å². The van der Waals surface area contributed by atoms with Crippen LogP contribution in [0.15, 0.2) is 78.0 Å². The molecule has 0 aliphatic rings. The predicted molar refractivity (Wildman–Crippen MR) is 84.9 cm³/mol. The van der Waals surface area contributed by atoms with Gasteiger partial charge >= 0.3 is 0 Å². The largest absolute Gasteiger partial charge is 0.277 e. The highest BCUT2D eigenvalue weighted by Crippen LogP contribution is 2.10. The highest BCUT2D eigenvalue weighted by molar-refractivity contribution is 6.30. The fourth-order valence-electron chi connectivity index (χ4n) is 1.92. The van der Waals surface area contributed by atoms with Crippen LogP contribution >= 0.6 is 11.6 Å². The Bertz CT molecular complexity index is 835. The maximum Gasteiger partial charge on any atom is 0.277 e. The van der Waals surface area contributed by atoms with Crippen molar-refractivity contribution in [3.8, 4) is 5.69 Å². The van der Waals surface area contributed by atoms with Crippen molar-refractivity contribution in [2.24, 2.45) is 4.99 Å². The summed E-state index contributed by atoms with van der Waals surface area (Å²) in [6.45, 7) is 0. The highest BCUT2D eigenvalue weighted by atomic mass is 35.5. The molecule has 1 aromatic heterocycles. The van der Waals surface area contributed by atoms with Gasteiger partial charge in [0.05, 0.1) is 17.2 Å². The number of nitrogens with zero attached hydrogens (tertiary/aromatic N) is 3. The summed E-state index contributed by atoms with van der Waals surface area (Å²) < 4.78 is 1.71. The molecule has 3 rings (SSSR count). The minimum atomic E-state index is -0.323. The molecule has 0 radical (unpaired) electrons. The van der Waals surface area contributed by atoms with Gasteiger partial charge in [-0.3, -0.25) is 4.79 Å². The summed E-state index contributed by atoms with van der Waals surface area (Å²) in [7, 11) is 0. The van der Waals surface area contributed by atoms with E-state index in [2.05, 4.69) is 10.1 Å². The Labute approximate surface area is 132 Å². The fourth-order valence-corrected chi connectivity index (χ4v) is 2.05. The maximum absolute atomic E-state index is 12.0. The van der Waals surface area contributed by atoms with E-state index >= 15 is 0 Å². The lowest BCUT2D eigenvalue weighted by Gasteiger charge is -2.03. The molecule has 0 N–H and O–H groups in total. The van der Waals surface area contributed by atoms with Crippen LogP contribution in [-0.2, 0) is 0 Å². The Morgan fingerprint density at radius 1 is 1.00 bits per heavy atom. The number of amides is 1. The predicted octanol–water partition coefficient (Wildman–Crippen LogP) is 3.27. The van der Waals surface area contributed by atoms with Crippen molar-refractivity contribution in [3.05, 3.63) is 89.0 Å². The number of carbonyl (C=O) groups excluding carboxylic acids is 1. The number of benzene rings is 2. The van der Waals surface area contributed by atoms with E-state index in [0.29, 0.717) is 15.9 Å². The van der Waals surface area contributed by atoms with Crippen LogP contribution in [0.4, 0.5) is 0 Å². The average Bonchev–Trinajstić information content (AvgIpc) is 2.57. The van der Waals surface area contributed by atoms with Gasteiger partial charge in [-0.2, -0.15) is 5.10 Å². The van der Waals surface area contributed by atoms with E-state index in [1.54, 1.807) is 47.4 Å². The molecule has 0 unspecified atom stereocenters. The molecule has 0 atom stereocenters. The van der Waals surface area contributed by atoms with E-state index in [1.807, 2.05) is 30.3 Å². The topological polar surface area (TPSA) is 47.2 Å². The van der Waals surface area contributed by atoms with Crippen molar-refractivity contribution >= 4 is 17.5 Å². The zero-order valence-electron chi connectivity index (χ0n) is 11.6. The Morgan fingerprint density at radius 2 is 1.73 bits per heavy atom. The molecule has 0 aliphatic heterocycles. The molecule has 4 nitrogen and oxygen atoms in total. The van der Waals surface area contributed by atoms with Gasteiger partial charge in [0, 0.05) is 16.8 Å². The molecule has 5 heteroatoms. The second-order valence-corrected chi connectivity index (χ2v) is 5.03. The highest BCUT2D eigenvalue weighted by Gasteiger charge is 2.03. The molecule has 0 saturated carbocycles. The number of halogens is 1. The van der Waals surface area contributed by atoms with Gasteiger partial charge in [-0.1, -0.05) is 29.8 Å². The first-order valence-corrected chi connectivity index (χ1v) is 7.05. The quantitative estimate of drug-likeness (QED) is 0.729. The van der Waals surface area contributed by atoms with Crippen molar-refractivity contribution in [2.75, 3.05) is 0 Å². The molecule has 1 amide bonds. The Balaban J connectivity index is 1.86. The van der Waals surface area contributed by atoms with E-state index in [-0.39, 0.29) is 5.91 Å². The number of hydrogen-bond donors (Lipinski definition) is 0. The number of carbonyl (C=O) groups is 1. The van der Waals surface area contributed by atoms with Crippen molar-refractivity contribution in [1.29, 1.82) is 0 Å². The molecular weight excluding hydrogens is 298 g/mol. The van der Waals surface area contributed by atoms with Gasteiger partial charge in [-0.15, -0.1) is 0 Å². The van der Waals surface area contributed by atoms with Crippen LogP contribution < -0.4 is 5.36 Å². The third kappa shape index (κ3) is 3.30. The van der Waals surface area contributed by atoms with Crippen LogP contribution in [0.2, 0.25) is 5.02 Å². The van der Waals surface area contributed by atoms with E-state index in [1.165, 1.54) is 0 Å². The lowest BCUT2D eigenvalue weighted by Crippen LogP contribution is -2.11. The summed E-state index contributed by atoms with van der Waals surface area (Å²) in [5, 5.41) is 5.35. The molecule has 0 bridgehead atoms. The monoisotopic (exact) mass is 309 g/mol. The molecule has 108 valence electrons. The first kappa shape index (κ1) is 14.2. The van der Waals surface area contributed by atoms with Crippen molar-refractivity contribution < 1.29 is 4.79 Å². The van der Waals surface area contributed by atoms with Gasteiger partial charge in [-0.25, -0.2) is 9.67 Å². The molecule has 0 fully saturated rings. The van der Waals surface area contributed by atoms with Gasteiger partial charge < -0.3 is 0 Å². The molecule has 3 aromatic rings. The van der Waals surface area contributed by atoms with Crippen LogP contribution in [0, 0.1) is 0 Å². The van der Waals surface area contributed by atoms with E-state index < -0.39 is 0 Å². The third-order valence-corrected chi connectivity index (χ3v) is 3.30. The molecule has 0 saturated heterocycles. The van der Waals surface area contributed by atoms with Gasteiger partial charge in [0.1, 0.15) is 0 Å². The fraction of sp³-hybridized carbons (Fsp3) is 0. The lowest BCUT2D eigenvalue weighted by atomic mass is 10.2. The number of hydrogen-bond acceptors (Lipinski definition) is 2. The summed E-state index contributed by atoms with van der Waals surface area (Å²) in [4.78, 5) is 16.1. The SMILES string of the molecule is O=C(N=c1ccn(-c2ccccc2)nc1)c1ccc(Cl)cc1. The lowest BCUT2D eigenvalue weighted by molar-refractivity contribution is 0.0998. The zero-order chi connectivity index (χ0) is 15.4. The molecule has 0 aliphatic carbocycles. The molecule has 2 aromatic carbocycles. The Hall–Kier alpha value is -2.72. The Morgan fingerprint density at radius 3 is 2.36 bits per heavy atom. The van der Waals surface area contributed by atoms with Crippen LogP contribution in [0.25, 0.3) is 5.69 Å². The third-order valence-electron chi connectivity index (χ3n) is 3.04. The van der Waals surface area contributed by atoms with Crippen molar-refractivity contribution in [3.63, 3.8) is 0 Å². The number of para-hydroxylation sites is 1. The van der Waals surface area contributed by atoms with E-state index in [9.17, 15) is 4.79 Å². The minimum absolute atomic E-state index is 0.323. The second kappa shape index (κ2) is 6.37. The maximum atomic E-state index is 12.0. The van der Waals surface area contributed by atoms with E-state index in [0.717, 1.165) is 5.69 Å². The second-order valence-electron chi connectivity index (χ2n) is 4.59. The molecule has 22 heavy (non-hydrogen) atoms. The van der Waals surface area contributed by atoms with Crippen molar-refractivity contribution in [2.45, 2.75) is 0 Å². The van der Waals surface area contributed by atoms with Gasteiger partial charge in [0.25, 0.3) is 5.91 Å². The van der Waals surface area contributed by atoms with Crippen LogP contribution in [0.5, 0.6) is 0 Å². The van der Waals surface area contributed by atoms with Gasteiger partial charge in [-0.05, 0) is 42.5 Å². The standard InChI is InChI=1S/C17H12ClN3O/c18-14-8-6-13(7-9-14)17(22)20-15-10-11-21(19-12-15)16-4-2-1-3-5-16/h1-12H. The number of rotatable bonds is 2. The number of aromatic nitrogens is 2. The normalized spacial score (nSPS) is 11.4. The summed E-state index contributed by atoms with van der Waals surface area (Å²) in [6.07, 6.45) is 3.32.